The number of nitrogens with zero attached hydrogens (tertiary/aromatic N) is 2. The Morgan fingerprint density at radius 3 is 2.89 bits per heavy atom. The van der Waals surface area contributed by atoms with Crippen molar-refractivity contribution >= 4 is 27.3 Å². The number of aliphatic hydroxyl groups excluding tert-OH is 1. The van der Waals surface area contributed by atoms with E-state index in [2.05, 4.69) is 21.0 Å². The van der Waals surface area contributed by atoms with Gasteiger partial charge in [0.2, 0.25) is 0 Å². The number of methoxy groups -OCH3 is 1. The van der Waals surface area contributed by atoms with E-state index in [0.29, 0.717) is 6.42 Å². The van der Waals surface area contributed by atoms with E-state index in [-0.39, 0.29) is 0 Å². The van der Waals surface area contributed by atoms with Crippen LogP contribution in [0.2, 0.25) is 0 Å². The van der Waals surface area contributed by atoms with Crippen LogP contribution in [-0.4, -0.2) is 22.0 Å². The summed E-state index contributed by atoms with van der Waals surface area (Å²) in [5.74, 6) is 0.738. The van der Waals surface area contributed by atoms with E-state index in [0.717, 1.165) is 26.5 Å². The number of halogens is 1. The fourth-order valence-electron chi connectivity index (χ4n) is 1.90. The predicted molar refractivity (Wildman–Crippen MR) is 75.2 cm³/mol. The third-order valence-corrected chi connectivity index (χ3v) is 4.86. The maximum absolute atomic E-state index is 10.3. The Kier molecular flexibility index (Phi) is 4.09. The van der Waals surface area contributed by atoms with Gasteiger partial charge in [0.05, 0.1) is 34.0 Å². The van der Waals surface area contributed by atoms with E-state index in [9.17, 15) is 5.11 Å². The molecular formula is C12H15BrN2O2S. The van der Waals surface area contributed by atoms with Crippen molar-refractivity contribution in [3.05, 3.63) is 32.2 Å². The topological polar surface area (TPSA) is 47.3 Å². The van der Waals surface area contributed by atoms with Gasteiger partial charge < -0.3 is 9.84 Å². The maximum atomic E-state index is 10.3. The van der Waals surface area contributed by atoms with Crippen LogP contribution in [0.25, 0.3) is 0 Å². The van der Waals surface area contributed by atoms with Gasteiger partial charge in [0.1, 0.15) is 5.75 Å². The van der Waals surface area contributed by atoms with Crippen LogP contribution in [0.5, 0.6) is 5.75 Å². The van der Waals surface area contributed by atoms with Crippen molar-refractivity contribution in [1.29, 1.82) is 0 Å². The van der Waals surface area contributed by atoms with Crippen molar-refractivity contribution in [2.75, 3.05) is 7.11 Å². The molecule has 2 aromatic heterocycles. The van der Waals surface area contributed by atoms with Gasteiger partial charge in [-0.25, -0.2) is 0 Å². The van der Waals surface area contributed by atoms with Crippen molar-refractivity contribution in [2.24, 2.45) is 7.05 Å². The summed E-state index contributed by atoms with van der Waals surface area (Å²) in [4.78, 5) is 0.850. The molecule has 0 aliphatic carbocycles. The largest absolute Gasteiger partial charge is 0.495 e. The quantitative estimate of drug-likeness (QED) is 0.937. The van der Waals surface area contributed by atoms with E-state index >= 15 is 0 Å². The third kappa shape index (κ3) is 2.46. The van der Waals surface area contributed by atoms with Crippen LogP contribution in [0, 0.1) is 6.92 Å². The molecule has 0 aromatic carbocycles. The Hall–Kier alpha value is -0.850. The van der Waals surface area contributed by atoms with Gasteiger partial charge in [-0.3, -0.25) is 4.68 Å². The average Bonchev–Trinajstić information content (AvgIpc) is 2.90. The van der Waals surface area contributed by atoms with Crippen LogP contribution in [0.1, 0.15) is 22.4 Å². The monoisotopic (exact) mass is 330 g/mol. The van der Waals surface area contributed by atoms with Crippen LogP contribution in [-0.2, 0) is 13.5 Å². The summed E-state index contributed by atoms with van der Waals surface area (Å²) in [5.41, 5.74) is 1.91. The van der Waals surface area contributed by atoms with E-state index in [4.69, 9.17) is 4.74 Å². The van der Waals surface area contributed by atoms with Gasteiger partial charge in [0.15, 0.2) is 0 Å². The average molecular weight is 331 g/mol. The minimum Gasteiger partial charge on any atom is -0.495 e. The summed E-state index contributed by atoms with van der Waals surface area (Å²) in [6.07, 6.45) is -0.0690. The second kappa shape index (κ2) is 5.42. The zero-order valence-electron chi connectivity index (χ0n) is 10.5. The molecule has 1 atom stereocenters. The smallest absolute Gasteiger partial charge is 0.135 e. The summed E-state index contributed by atoms with van der Waals surface area (Å²) in [7, 11) is 3.49. The molecule has 0 saturated heterocycles. The number of thiophene rings is 1. The zero-order valence-corrected chi connectivity index (χ0v) is 12.9. The highest BCUT2D eigenvalue weighted by atomic mass is 79.9. The van der Waals surface area contributed by atoms with Crippen LogP contribution >= 0.6 is 27.3 Å². The molecule has 0 spiro atoms. The maximum Gasteiger partial charge on any atom is 0.135 e. The molecule has 6 heteroatoms. The van der Waals surface area contributed by atoms with Crippen molar-refractivity contribution in [1.82, 2.24) is 9.78 Å². The Labute approximate surface area is 118 Å². The Bertz CT molecular complexity index is 550. The first-order chi connectivity index (χ1) is 8.54. The first-order valence-electron chi connectivity index (χ1n) is 5.52. The van der Waals surface area contributed by atoms with Crippen LogP contribution in [0.3, 0.4) is 0 Å². The summed E-state index contributed by atoms with van der Waals surface area (Å²) < 4.78 is 7.98. The number of hydrogen-bond donors (Lipinski definition) is 1. The van der Waals surface area contributed by atoms with E-state index in [1.807, 2.05) is 25.4 Å². The molecule has 0 radical (unpaired) electrons. The van der Waals surface area contributed by atoms with Gasteiger partial charge in [-0.05, 0) is 34.3 Å². The lowest BCUT2D eigenvalue weighted by atomic mass is 10.1. The number of aliphatic hydroxyl groups is 1. The number of ether oxygens (including phenoxy) is 1. The van der Waals surface area contributed by atoms with Gasteiger partial charge in [-0.1, -0.05) is 0 Å². The molecule has 0 aliphatic heterocycles. The molecule has 0 amide bonds. The van der Waals surface area contributed by atoms with Gasteiger partial charge in [0.25, 0.3) is 0 Å². The first-order valence-corrected chi connectivity index (χ1v) is 7.19. The molecular weight excluding hydrogens is 316 g/mol. The van der Waals surface area contributed by atoms with Crippen LogP contribution < -0.4 is 4.74 Å². The minimum absolute atomic E-state index is 0.509. The SMILES string of the molecule is COc1ccsc1C(O)Cc1c(Br)c(C)nn1C. The molecule has 0 saturated carbocycles. The second-order valence-electron chi connectivity index (χ2n) is 4.04. The molecule has 2 aromatic rings. The van der Waals surface area contributed by atoms with Crippen molar-refractivity contribution in [3.63, 3.8) is 0 Å². The summed E-state index contributed by atoms with van der Waals surface area (Å²) >= 11 is 5.01. The van der Waals surface area contributed by atoms with E-state index < -0.39 is 6.10 Å². The second-order valence-corrected chi connectivity index (χ2v) is 5.78. The van der Waals surface area contributed by atoms with Crippen LogP contribution in [0.4, 0.5) is 0 Å². The molecule has 1 unspecified atom stereocenters. The van der Waals surface area contributed by atoms with Crippen molar-refractivity contribution in [2.45, 2.75) is 19.4 Å². The van der Waals surface area contributed by atoms with Gasteiger partial charge in [-0.15, -0.1) is 11.3 Å². The third-order valence-electron chi connectivity index (χ3n) is 2.83. The zero-order chi connectivity index (χ0) is 13.3. The van der Waals surface area contributed by atoms with Crippen LogP contribution in [0.15, 0.2) is 15.9 Å². The van der Waals surface area contributed by atoms with Gasteiger partial charge in [-0.2, -0.15) is 5.10 Å². The Balaban J connectivity index is 2.24. The normalized spacial score (nSPS) is 12.7. The summed E-state index contributed by atoms with van der Waals surface area (Å²) in [6, 6.07) is 1.87. The molecule has 0 aliphatic rings. The number of hydrogen-bond acceptors (Lipinski definition) is 4. The molecule has 2 rings (SSSR count). The highest BCUT2D eigenvalue weighted by Gasteiger charge is 2.20. The molecule has 18 heavy (non-hydrogen) atoms. The molecule has 2 heterocycles. The molecule has 0 fully saturated rings. The Morgan fingerprint density at radius 1 is 1.61 bits per heavy atom. The fourth-order valence-corrected chi connectivity index (χ4v) is 3.24. The Morgan fingerprint density at radius 2 is 2.33 bits per heavy atom. The molecule has 4 nitrogen and oxygen atoms in total. The highest BCUT2D eigenvalue weighted by molar-refractivity contribution is 9.10. The minimum atomic E-state index is -0.578. The lowest BCUT2D eigenvalue weighted by Gasteiger charge is -2.11. The first kappa shape index (κ1) is 13.6. The molecule has 0 bridgehead atoms. The number of rotatable bonds is 4. The number of aromatic nitrogens is 2. The fraction of sp³-hybridized carbons (Fsp3) is 0.417. The van der Waals surface area contributed by atoms with Gasteiger partial charge >= 0.3 is 0 Å². The summed E-state index contributed by atoms with van der Waals surface area (Å²) in [6.45, 7) is 1.94. The lowest BCUT2D eigenvalue weighted by molar-refractivity contribution is 0.175. The molecule has 1 N–H and O–H groups in total. The van der Waals surface area contributed by atoms with E-state index in [1.54, 1.807) is 11.8 Å². The number of aryl methyl sites for hydroxylation is 2. The highest BCUT2D eigenvalue weighted by Crippen LogP contribution is 2.34. The molecule has 98 valence electrons. The summed E-state index contributed by atoms with van der Waals surface area (Å²) in [5, 5.41) is 16.5. The van der Waals surface area contributed by atoms with Gasteiger partial charge in [0, 0.05) is 13.5 Å². The standard InChI is InChI=1S/C12H15BrN2O2S/c1-7-11(13)8(15(2)14-7)6-9(16)12-10(17-3)4-5-18-12/h4-5,9,16H,6H2,1-3H3. The van der Waals surface area contributed by atoms with Crippen molar-refractivity contribution in [3.8, 4) is 5.75 Å². The lowest BCUT2D eigenvalue weighted by Crippen LogP contribution is -2.06. The predicted octanol–water partition coefficient (Wildman–Crippen LogP) is 2.84. The van der Waals surface area contributed by atoms with Crippen molar-refractivity contribution < 1.29 is 9.84 Å². The van der Waals surface area contributed by atoms with E-state index in [1.165, 1.54) is 11.3 Å².